The number of nitrogens with zero attached hydrogens (tertiary/aromatic N) is 3. The predicted octanol–water partition coefficient (Wildman–Crippen LogP) is 14.6. The first kappa shape index (κ1) is 106. The quantitative estimate of drug-likeness (QED) is 0.00940. The van der Waals surface area contributed by atoms with Crippen molar-refractivity contribution in [2.45, 2.75) is 33.1 Å². The molecule has 0 aliphatic rings. The van der Waals surface area contributed by atoms with E-state index in [9.17, 15) is 97.1 Å². The molecule has 0 fully saturated rings. The first-order valence-electron chi connectivity index (χ1n) is 34.3. The summed E-state index contributed by atoms with van der Waals surface area (Å²) in [5.74, 6) is -7.47. The number of fused-ring (bicyclic) bond motifs is 1. The number of nitro benzene ring substituents is 3. The molecule has 0 aliphatic carbocycles. The number of thiophene rings is 1. The van der Waals surface area contributed by atoms with Gasteiger partial charge in [0.15, 0.2) is 0 Å². The molecule has 0 amide bonds. The largest absolute Gasteiger partial charge is 0.469 e. The summed E-state index contributed by atoms with van der Waals surface area (Å²) in [5.41, 5.74) is 3.16. The third-order valence-corrected chi connectivity index (χ3v) is 15.3. The zero-order valence-electron chi connectivity index (χ0n) is 67.6. The molecule has 10 rings (SSSR count). The van der Waals surface area contributed by atoms with Gasteiger partial charge in [-0.25, -0.2) is 42.7 Å². The predicted molar refractivity (Wildman–Crippen MR) is 441 cm³/mol. The third kappa shape index (κ3) is 40.8. The van der Waals surface area contributed by atoms with E-state index < -0.39 is 73.6 Å². The van der Waals surface area contributed by atoms with Gasteiger partial charge in [0.05, 0.1) is 109 Å². The molecule has 33 nitrogen and oxygen atoms in total. The van der Waals surface area contributed by atoms with E-state index in [1.54, 1.807) is 91.0 Å². The lowest BCUT2D eigenvalue weighted by Gasteiger charge is -2.08. The number of halogens is 2. The SMILES string of the molecule is CCl.COC(=O)/C=C/c1ccccc1[N+](=O)[O-].COC(=O)C(=O)c1ccc([N+](=O)[O-])cc1.COC(=O)C(=O)c1ccccc1.COC(=O)C(C)c1ccccc1.COC(=O)Cc1ccc(C)cc1.COC(=O)c1cc2ccccc2oc1=O.COC(=O)c1ccccc1F.COC(=O)c1ccccc1[N+](=O)[O-].COC(=O)c1cccs1.COC(C)=O. The van der Waals surface area contributed by atoms with Gasteiger partial charge in [-0.05, 0) is 91.0 Å². The van der Waals surface area contributed by atoms with Crippen LogP contribution in [0.3, 0.4) is 0 Å². The van der Waals surface area contributed by atoms with Crippen LogP contribution < -0.4 is 5.63 Å². The van der Waals surface area contributed by atoms with Gasteiger partial charge >= 0.3 is 65.3 Å². The number of hydrogen-bond acceptors (Lipinski definition) is 31. The molecule has 2 aromatic heterocycles. The van der Waals surface area contributed by atoms with E-state index in [1.807, 2.05) is 79.9 Å². The summed E-state index contributed by atoms with van der Waals surface area (Å²) < 4.78 is 61.5. The average Bonchev–Trinajstić information content (AvgIpc) is 1.19. The van der Waals surface area contributed by atoms with E-state index in [1.165, 1.54) is 161 Å². The van der Waals surface area contributed by atoms with Crippen molar-refractivity contribution in [3.05, 3.63) is 337 Å². The lowest BCUT2D eigenvalue weighted by Crippen LogP contribution is -2.15. The summed E-state index contributed by atoms with van der Waals surface area (Å²) >= 11 is 6.02. The van der Waals surface area contributed by atoms with Crippen LogP contribution in [-0.2, 0) is 82.6 Å². The van der Waals surface area contributed by atoms with Crippen LogP contribution in [0.1, 0.15) is 103 Å². The summed E-state index contributed by atoms with van der Waals surface area (Å²) in [6, 6.07) is 59.9. The number of methoxy groups -OCH3 is 10. The molecule has 0 spiro atoms. The number of Topliss-reactive ketones (excluding diaryl/α,β-unsaturated/α-hetero) is 2. The van der Waals surface area contributed by atoms with Gasteiger partial charge in [-0.2, -0.15) is 0 Å². The third-order valence-electron chi connectivity index (χ3n) is 14.4. The van der Waals surface area contributed by atoms with E-state index in [0.717, 1.165) is 36.4 Å². The molecule has 8 aromatic carbocycles. The van der Waals surface area contributed by atoms with Crippen LogP contribution in [0.4, 0.5) is 21.5 Å². The number of carbonyl (C=O) groups is 12. The topological polar surface area (TPSA) is 457 Å². The van der Waals surface area contributed by atoms with Gasteiger partial charge in [-0.1, -0.05) is 151 Å². The summed E-state index contributed by atoms with van der Waals surface area (Å²) in [4.78, 5) is 171. The van der Waals surface area contributed by atoms with Gasteiger partial charge in [-0.15, -0.1) is 22.9 Å². The van der Waals surface area contributed by atoms with Crippen LogP contribution >= 0.6 is 22.9 Å². The van der Waals surface area contributed by atoms with E-state index in [2.05, 4.69) is 59.0 Å². The summed E-state index contributed by atoms with van der Waals surface area (Å²) in [6.45, 7) is 5.21. The fourth-order valence-electron chi connectivity index (χ4n) is 8.23. The number of benzene rings is 8. The Hall–Kier alpha value is -15.1. The molecule has 0 bridgehead atoms. The number of nitro groups is 3. The van der Waals surface area contributed by atoms with Crippen LogP contribution in [0.25, 0.3) is 17.0 Å². The highest BCUT2D eigenvalue weighted by molar-refractivity contribution is 7.12. The highest BCUT2D eigenvalue weighted by Crippen LogP contribution is 2.21. The van der Waals surface area contributed by atoms with Crippen LogP contribution in [0.2, 0.25) is 0 Å². The molecule has 0 N–H and O–H groups in total. The standard InChI is InChI=1S/C11H8O4.C10H9NO4.2C10H12O2.C9H7NO5.C9H8O3.C8H7FO2.C8H7NO4.C6H6O2S.C3H6O2.CH3Cl/c1-14-10(12)8-6-7-4-2-3-5-9(7)15-11(8)13;1-15-10(12)7-6-8-4-2-3-5-9(8)11(13)14;1-8-3-5-9(6-4-8)7-10(11)12-2;1-8(10(11)12-2)9-6-4-3-5-7-9;1-15-9(12)8(11)6-2-4-7(5-3-6)10(13)14;1-12-9(11)8(10)7-5-3-2-4-6-7;1-11-8(10)6-4-2-3-5-7(6)9;1-13-8(10)6-4-2-3-5-7(6)9(11)12;1-8-6(7)5-3-2-4-9-5;1-3(4)5-2;1-2/h2-6H,1H3;2-7H,1H3;3-6H,7H2,1-2H3;3-8H,1-2H3;2-5H,1H3;2-6H,1H3;2-5H,1H3;2-5H,1H3;2-4H,1H3;1-2H3;1H3/b;7-6+;;;;;;;;;. The maximum absolute atomic E-state index is 12.7. The molecule has 0 radical (unpaired) electrons. The van der Waals surface area contributed by atoms with Crippen molar-refractivity contribution >= 4 is 128 Å². The Kier molecular flexibility index (Phi) is 52.8. The van der Waals surface area contributed by atoms with E-state index in [4.69, 9.17) is 4.42 Å². The van der Waals surface area contributed by atoms with E-state index in [0.29, 0.717) is 33.4 Å². The molecule has 0 saturated carbocycles. The van der Waals surface area contributed by atoms with Crippen LogP contribution in [-0.4, -0.2) is 164 Å². The number of ketones is 2. The number of carbonyl (C=O) groups excluding carboxylic acids is 12. The molecule has 1 unspecified atom stereocenters. The molecule has 1 atom stereocenters. The van der Waals surface area contributed by atoms with Gasteiger partial charge < -0.3 is 51.8 Å². The number of non-ortho nitro benzene ring substituents is 1. The molecule has 36 heteroatoms. The smallest absolute Gasteiger partial charge is 0.379 e. The molecule has 0 aliphatic heterocycles. The Balaban J connectivity index is 0.00000133. The maximum atomic E-state index is 12.7. The second kappa shape index (κ2) is 60.4. The molecule has 640 valence electrons. The second-order valence-electron chi connectivity index (χ2n) is 22.3. The minimum Gasteiger partial charge on any atom is -0.469 e. The molecule has 0 saturated heterocycles. The van der Waals surface area contributed by atoms with Crippen molar-refractivity contribution in [2.24, 2.45) is 0 Å². The van der Waals surface area contributed by atoms with Gasteiger partial charge in [-0.3, -0.25) is 54.3 Å². The van der Waals surface area contributed by atoms with Crippen molar-refractivity contribution in [3.8, 4) is 0 Å². The number of alkyl halides is 1. The minimum absolute atomic E-state index is 0.0324. The summed E-state index contributed by atoms with van der Waals surface area (Å²) in [7, 11) is 12.7. The Morgan fingerprint density at radius 2 is 0.926 bits per heavy atom. The first-order chi connectivity index (χ1) is 57.7. The minimum atomic E-state index is -0.996. The number of para-hydroxylation sites is 3. The van der Waals surface area contributed by atoms with Gasteiger partial charge in [0, 0.05) is 60.2 Å². The van der Waals surface area contributed by atoms with E-state index >= 15 is 0 Å². The van der Waals surface area contributed by atoms with Gasteiger partial charge in [0.25, 0.3) is 28.6 Å². The van der Waals surface area contributed by atoms with Crippen molar-refractivity contribution < 1.29 is 128 Å². The molecular formula is C85H85ClFN3O30S. The fourth-order valence-corrected chi connectivity index (χ4v) is 8.87. The Morgan fingerprint density at radius 1 is 0.471 bits per heavy atom. The Morgan fingerprint density at radius 3 is 1.39 bits per heavy atom. The number of rotatable bonds is 17. The van der Waals surface area contributed by atoms with Gasteiger partial charge in [0.1, 0.15) is 27.4 Å². The van der Waals surface area contributed by atoms with Crippen LogP contribution in [0.15, 0.2) is 245 Å². The van der Waals surface area contributed by atoms with E-state index in [-0.39, 0.29) is 69.1 Å². The van der Waals surface area contributed by atoms with Crippen molar-refractivity contribution in [1.82, 2.24) is 0 Å². The zero-order chi connectivity index (χ0) is 91.5. The van der Waals surface area contributed by atoms with Crippen molar-refractivity contribution in [3.63, 3.8) is 0 Å². The molecule has 2 heterocycles. The number of esters is 10. The maximum Gasteiger partial charge on any atom is 0.379 e. The lowest BCUT2D eigenvalue weighted by atomic mass is 10.0. The number of ether oxygens (including phenoxy) is 10. The van der Waals surface area contributed by atoms with Gasteiger partial charge in [0.2, 0.25) is 0 Å². The average molecular weight is 1720 g/mol. The summed E-state index contributed by atoms with van der Waals surface area (Å²) in [6.07, 6.45) is 4.32. The number of hydrogen-bond donors (Lipinski definition) is 0. The number of aryl methyl sites for hydroxylation is 1. The lowest BCUT2D eigenvalue weighted by molar-refractivity contribution is -0.385. The normalized spacial score (nSPS) is 9.59. The van der Waals surface area contributed by atoms with Crippen LogP contribution in [0.5, 0.6) is 0 Å². The highest BCUT2D eigenvalue weighted by atomic mass is 35.5. The van der Waals surface area contributed by atoms with Crippen molar-refractivity contribution in [1.29, 1.82) is 0 Å². The van der Waals surface area contributed by atoms with Crippen LogP contribution in [0, 0.1) is 43.1 Å². The first-order valence-corrected chi connectivity index (χ1v) is 35.9. The second-order valence-corrected chi connectivity index (χ2v) is 23.2. The fraction of sp³-hybridized carbons (Fsp3) is 0.188. The Labute approximate surface area is 701 Å². The van der Waals surface area contributed by atoms with Crippen molar-refractivity contribution in [2.75, 3.05) is 77.5 Å². The Bertz CT molecular complexity index is 5100. The molecular weight excluding hydrogens is 1630 g/mol. The zero-order valence-corrected chi connectivity index (χ0v) is 69.2. The summed E-state index contributed by atoms with van der Waals surface area (Å²) in [5, 5.41) is 33.9. The monoisotopic (exact) mass is 1710 g/mol. The molecule has 10 aromatic rings. The molecule has 121 heavy (non-hydrogen) atoms. The highest BCUT2D eigenvalue weighted by Gasteiger charge is 2.21.